The van der Waals surface area contributed by atoms with Gasteiger partial charge in [-0.15, -0.1) is 0 Å². The van der Waals surface area contributed by atoms with Crippen LogP contribution in [0.5, 0.6) is 0 Å². The number of aryl methyl sites for hydroxylation is 2. The minimum Gasteiger partial charge on any atom is -0.355 e. The average molecular weight is 222 g/mol. The molecule has 2 amide bonds. The van der Waals surface area contributed by atoms with Crippen molar-refractivity contribution in [1.29, 1.82) is 0 Å². The lowest BCUT2D eigenvalue weighted by Crippen LogP contribution is -2.25. The second-order valence-corrected chi connectivity index (χ2v) is 3.99. The molecule has 1 saturated heterocycles. The van der Waals surface area contributed by atoms with Crippen LogP contribution in [0, 0.1) is 12.8 Å². The zero-order chi connectivity index (χ0) is 11.7. The van der Waals surface area contributed by atoms with Crippen molar-refractivity contribution in [2.75, 3.05) is 11.9 Å². The second kappa shape index (κ2) is 3.96. The molecule has 1 aliphatic heterocycles. The molecule has 2 N–H and O–H groups in total. The fourth-order valence-electron chi connectivity index (χ4n) is 1.75. The van der Waals surface area contributed by atoms with Gasteiger partial charge in [0, 0.05) is 26.1 Å². The van der Waals surface area contributed by atoms with Gasteiger partial charge in [0.05, 0.1) is 11.6 Å². The summed E-state index contributed by atoms with van der Waals surface area (Å²) in [6, 6.07) is 1.79. The molecule has 2 rings (SSSR count). The number of anilines is 1. The Morgan fingerprint density at radius 2 is 2.44 bits per heavy atom. The molecule has 0 saturated carbocycles. The normalized spacial score (nSPS) is 19.6. The molecule has 1 atom stereocenters. The monoisotopic (exact) mass is 222 g/mol. The maximum Gasteiger partial charge on any atom is 0.230 e. The molecule has 1 aliphatic rings. The Morgan fingerprint density at radius 3 is 2.94 bits per heavy atom. The van der Waals surface area contributed by atoms with Gasteiger partial charge in [-0.2, -0.15) is 5.10 Å². The van der Waals surface area contributed by atoms with Gasteiger partial charge in [0.25, 0.3) is 0 Å². The van der Waals surface area contributed by atoms with Crippen LogP contribution in [0.3, 0.4) is 0 Å². The van der Waals surface area contributed by atoms with Crippen molar-refractivity contribution >= 4 is 17.6 Å². The minimum atomic E-state index is -0.275. The molecule has 0 aromatic carbocycles. The Morgan fingerprint density at radius 1 is 1.69 bits per heavy atom. The summed E-state index contributed by atoms with van der Waals surface area (Å²) in [5.41, 5.74) is 0.846. The first-order valence-corrected chi connectivity index (χ1v) is 5.14. The summed E-state index contributed by atoms with van der Waals surface area (Å²) < 4.78 is 1.61. The molecule has 1 aromatic rings. The number of carbonyl (C=O) groups is 2. The van der Waals surface area contributed by atoms with Crippen molar-refractivity contribution in [2.24, 2.45) is 13.0 Å². The van der Waals surface area contributed by atoms with E-state index in [0.29, 0.717) is 12.4 Å². The molecule has 0 bridgehead atoms. The minimum absolute atomic E-state index is 0.0682. The van der Waals surface area contributed by atoms with E-state index in [1.165, 1.54) is 0 Å². The lowest BCUT2D eigenvalue weighted by atomic mass is 10.1. The molecule has 6 nitrogen and oxygen atoms in total. The van der Waals surface area contributed by atoms with Crippen LogP contribution in [0.1, 0.15) is 12.1 Å². The third-order valence-electron chi connectivity index (χ3n) is 2.60. The molecule has 86 valence electrons. The van der Waals surface area contributed by atoms with E-state index < -0.39 is 0 Å². The van der Waals surface area contributed by atoms with E-state index in [-0.39, 0.29) is 24.2 Å². The number of aromatic nitrogens is 2. The molecule has 0 radical (unpaired) electrons. The molecule has 16 heavy (non-hydrogen) atoms. The summed E-state index contributed by atoms with van der Waals surface area (Å²) in [6.07, 6.45) is 0.267. The summed E-state index contributed by atoms with van der Waals surface area (Å²) in [7, 11) is 1.76. The maximum absolute atomic E-state index is 11.8. The van der Waals surface area contributed by atoms with Gasteiger partial charge in [0.2, 0.25) is 11.8 Å². The number of rotatable bonds is 2. The second-order valence-electron chi connectivity index (χ2n) is 3.99. The van der Waals surface area contributed by atoms with Gasteiger partial charge in [0.1, 0.15) is 5.82 Å². The Kier molecular flexibility index (Phi) is 2.64. The number of nitrogens with zero attached hydrogens (tertiary/aromatic N) is 2. The van der Waals surface area contributed by atoms with E-state index in [2.05, 4.69) is 15.7 Å². The molecular weight excluding hydrogens is 208 g/mol. The van der Waals surface area contributed by atoms with Crippen LogP contribution >= 0.6 is 0 Å². The van der Waals surface area contributed by atoms with Crippen LogP contribution in [0.4, 0.5) is 5.82 Å². The lowest BCUT2D eigenvalue weighted by Gasteiger charge is -2.08. The highest BCUT2D eigenvalue weighted by atomic mass is 16.2. The zero-order valence-corrected chi connectivity index (χ0v) is 9.28. The van der Waals surface area contributed by atoms with Crippen molar-refractivity contribution in [3.63, 3.8) is 0 Å². The van der Waals surface area contributed by atoms with E-state index >= 15 is 0 Å². The maximum atomic E-state index is 11.8. The first-order valence-electron chi connectivity index (χ1n) is 5.14. The molecule has 1 unspecified atom stereocenters. The molecule has 6 heteroatoms. The molecule has 1 aromatic heterocycles. The first-order chi connectivity index (χ1) is 7.56. The van der Waals surface area contributed by atoms with Crippen molar-refractivity contribution < 1.29 is 9.59 Å². The molecule has 1 fully saturated rings. The number of nitrogens with one attached hydrogen (secondary N) is 2. The van der Waals surface area contributed by atoms with Gasteiger partial charge >= 0.3 is 0 Å². The largest absolute Gasteiger partial charge is 0.355 e. The summed E-state index contributed by atoms with van der Waals surface area (Å²) in [5.74, 6) is 0.173. The van der Waals surface area contributed by atoms with E-state index in [4.69, 9.17) is 0 Å². The average Bonchev–Trinajstić information content (AvgIpc) is 2.74. The van der Waals surface area contributed by atoms with Gasteiger partial charge in [-0.05, 0) is 6.92 Å². The van der Waals surface area contributed by atoms with E-state index in [1.807, 2.05) is 6.92 Å². The fraction of sp³-hybridized carbons (Fsp3) is 0.500. The highest BCUT2D eigenvalue weighted by Crippen LogP contribution is 2.14. The predicted molar refractivity (Wildman–Crippen MR) is 57.7 cm³/mol. The summed E-state index contributed by atoms with van der Waals surface area (Å²) >= 11 is 0. The topological polar surface area (TPSA) is 76.0 Å². The Labute approximate surface area is 93.0 Å². The highest BCUT2D eigenvalue weighted by molar-refractivity contribution is 5.96. The summed E-state index contributed by atoms with van der Waals surface area (Å²) in [6.45, 7) is 2.28. The van der Waals surface area contributed by atoms with Crippen molar-refractivity contribution in [2.45, 2.75) is 13.3 Å². The van der Waals surface area contributed by atoms with Crippen LogP contribution < -0.4 is 10.6 Å². The summed E-state index contributed by atoms with van der Waals surface area (Å²) in [5, 5.41) is 9.52. The van der Waals surface area contributed by atoms with Gasteiger partial charge in [-0.25, -0.2) is 0 Å². The molecule has 0 aliphatic carbocycles. The molecule has 0 spiro atoms. The third-order valence-corrected chi connectivity index (χ3v) is 2.60. The molecule has 2 heterocycles. The zero-order valence-electron chi connectivity index (χ0n) is 9.28. The number of amides is 2. The Bertz CT molecular complexity index is 438. The van der Waals surface area contributed by atoms with Gasteiger partial charge < -0.3 is 10.6 Å². The van der Waals surface area contributed by atoms with Gasteiger partial charge in [0.15, 0.2) is 0 Å². The number of hydrogen-bond donors (Lipinski definition) is 2. The molecular formula is C10H14N4O2. The van der Waals surface area contributed by atoms with Crippen molar-refractivity contribution in [3.8, 4) is 0 Å². The van der Waals surface area contributed by atoms with Crippen LogP contribution in [-0.2, 0) is 16.6 Å². The fourth-order valence-corrected chi connectivity index (χ4v) is 1.75. The van der Waals surface area contributed by atoms with Crippen molar-refractivity contribution in [3.05, 3.63) is 11.8 Å². The third kappa shape index (κ3) is 2.05. The standard InChI is InChI=1S/C10H14N4O2/c1-6-3-8(14(2)13-6)12-10(16)7-4-9(15)11-5-7/h3,7H,4-5H2,1-2H3,(H,11,15)(H,12,16). The van der Waals surface area contributed by atoms with E-state index in [0.717, 1.165) is 5.69 Å². The van der Waals surface area contributed by atoms with Gasteiger partial charge in [-0.1, -0.05) is 0 Å². The van der Waals surface area contributed by atoms with Gasteiger partial charge in [-0.3, -0.25) is 14.3 Å². The lowest BCUT2D eigenvalue weighted by molar-refractivity contribution is -0.123. The Hall–Kier alpha value is -1.85. The highest BCUT2D eigenvalue weighted by Gasteiger charge is 2.28. The van der Waals surface area contributed by atoms with Crippen LogP contribution in [0.25, 0.3) is 0 Å². The Balaban J connectivity index is 2.02. The van der Waals surface area contributed by atoms with Crippen LogP contribution in [0.15, 0.2) is 6.07 Å². The number of carbonyl (C=O) groups excluding carboxylic acids is 2. The van der Waals surface area contributed by atoms with Crippen LogP contribution in [-0.4, -0.2) is 28.1 Å². The van der Waals surface area contributed by atoms with E-state index in [9.17, 15) is 9.59 Å². The predicted octanol–water partition coefficient (Wildman–Crippen LogP) is -0.197. The first kappa shape index (κ1) is 10.7. The smallest absolute Gasteiger partial charge is 0.230 e. The number of hydrogen-bond acceptors (Lipinski definition) is 3. The SMILES string of the molecule is Cc1cc(NC(=O)C2CNC(=O)C2)n(C)n1. The van der Waals surface area contributed by atoms with Crippen LogP contribution in [0.2, 0.25) is 0 Å². The van der Waals surface area contributed by atoms with E-state index in [1.54, 1.807) is 17.8 Å². The summed E-state index contributed by atoms with van der Waals surface area (Å²) in [4.78, 5) is 22.8. The quantitative estimate of drug-likeness (QED) is 0.727. The van der Waals surface area contributed by atoms with Crippen molar-refractivity contribution in [1.82, 2.24) is 15.1 Å².